The molecule has 0 aliphatic carbocycles. The van der Waals surface area contributed by atoms with Crippen molar-refractivity contribution in [3.63, 3.8) is 0 Å². The molecule has 1 rings (SSSR count). The van der Waals surface area contributed by atoms with E-state index >= 15 is 0 Å². The molecule has 0 amide bonds. The van der Waals surface area contributed by atoms with Crippen LogP contribution in [0.4, 0.5) is 0 Å². The molecule has 1 heteroatoms. The summed E-state index contributed by atoms with van der Waals surface area (Å²) in [6.07, 6.45) is 0.437. The normalized spacial score (nSPS) is 12.3. The van der Waals surface area contributed by atoms with E-state index in [1.165, 1.54) is 16.7 Å². The number of aliphatic hydroxyl groups is 1. The highest BCUT2D eigenvalue weighted by Crippen LogP contribution is 2.21. The van der Waals surface area contributed by atoms with Crippen molar-refractivity contribution in [1.29, 1.82) is 0 Å². The molecule has 0 aliphatic rings. The van der Waals surface area contributed by atoms with Crippen molar-refractivity contribution >= 4 is 5.57 Å². The molecule has 82 valence electrons. The Hall–Kier alpha value is -1.08. The zero-order valence-electron chi connectivity index (χ0n) is 10.0. The van der Waals surface area contributed by atoms with E-state index < -0.39 is 0 Å². The van der Waals surface area contributed by atoms with E-state index in [1.807, 2.05) is 19.1 Å². The smallest absolute Gasteiger partial charge is 0.0787 e. The molecule has 0 radical (unpaired) electrons. The van der Waals surface area contributed by atoms with Crippen LogP contribution in [0.15, 0.2) is 29.8 Å². The van der Waals surface area contributed by atoms with Crippen molar-refractivity contribution < 1.29 is 5.11 Å². The van der Waals surface area contributed by atoms with Crippen molar-refractivity contribution in [2.24, 2.45) is 0 Å². The molecule has 0 fully saturated rings. The topological polar surface area (TPSA) is 20.2 Å². The lowest BCUT2D eigenvalue weighted by atomic mass is 9.99. The van der Waals surface area contributed by atoms with E-state index in [4.69, 9.17) is 0 Å². The standard InChI is InChI=1S/C14H20O/c1-5-14(15)13-8-6-12(7-9-13)11(4)10(2)3/h6-9,14-15H,5H2,1-4H3. The third-order valence-electron chi connectivity index (χ3n) is 2.87. The highest BCUT2D eigenvalue weighted by atomic mass is 16.3. The maximum absolute atomic E-state index is 9.66. The minimum absolute atomic E-state index is 0.328. The number of allylic oxidation sites excluding steroid dienone is 2. The van der Waals surface area contributed by atoms with Gasteiger partial charge in [-0.3, -0.25) is 0 Å². The van der Waals surface area contributed by atoms with Crippen molar-refractivity contribution in [2.45, 2.75) is 40.2 Å². The van der Waals surface area contributed by atoms with E-state index in [-0.39, 0.29) is 6.10 Å². The summed E-state index contributed by atoms with van der Waals surface area (Å²) in [5, 5.41) is 9.66. The fourth-order valence-electron chi connectivity index (χ4n) is 1.48. The molecule has 0 saturated carbocycles. The van der Waals surface area contributed by atoms with Gasteiger partial charge in [-0.25, -0.2) is 0 Å². The van der Waals surface area contributed by atoms with Crippen molar-refractivity contribution in [3.8, 4) is 0 Å². The SMILES string of the molecule is CCC(O)c1ccc(C(C)=C(C)C)cc1. The first-order valence-corrected chi connectivity index (χ1v) is 5.48. The van der Waals surface area contributed by atoms with Gasteiger partial charge in [0.2, 0.25) is 0 Å². The van der Waals surface area contributed by atoms with Crippen molar-refractivity contribution in [1.82, 2.24) is 0 Å². The summed E-state index contributed by atoms with van der Waals surface area (Å²) in [7, 11) is 0. The van der Waals surface area contributed by atoms with E-state index in [1.54, 1.807) is 0 Å². The molecule has 0 spiro atoms. The van der Waals surface area contributed by atoms with Gasteiger partial charge in [0.15, 0.2) is 0 Å². The quantitative estimate of drug-likeness (QED) is 0.790. The molecule has 15 heavy (non-hydrogen) atoms. The predicted molar refractivity (Wildman–Crippen MR) is 65.6 cm³/mol. The maximum atomic E-state index is 9.66. The van der Waals surface area contributed by atoms with Gasteiger partial charge in [-0.2, -0.15) is 0 Å². The Morgan fingerprint density at radius 2 is 1.67 bits per heavy atom. The Balaban J connectivity index is 2.95. The number of aliphatic hydroxyl groups excluding tert-OH is 1. The van der Waals surface area contributed by atoms with Gasteiger partial charge in [-0.15, -0.1) is 0 Å². The van der Waals surface area contributed by atoms with Crippen LogP contribution in [0.5, 0.6) is 0 Å². The second-order valence-corrected chi connectivity index (χ2v) is 4.17. The van der Waals surface area contributed by atoms with Gasteiger partial charge in [0.05, 0.1) is 6.10 Å². The molecular formula is C14H20O. The molecule has 1 atom stereocenters. The molecule has 1 aromatic rings. The van der Waals surface area contributed by atoms with Gasteiger partial charge in [0.25, 0.3) is 0 Å². The minimum Gasteiger partial charge on any atom is -0.388 e. The molecule has 0 saturated heterocycles. The third kappa shape index (κ3) is 2.93. The van der Waals surface area contributed by atoms with Crippen LogP contribution in [0.1, 0.15) is 51.3 Å². The lowest BCUT2D eigenvalue weighted by Crippen LogP contribution is -1.95. The van der Waals surface area contributed by atoms with Crippen LogP contribution in [-0.2, 0) is 0 Å². The van der Waals surface area contributed by atoms with Gasteiger partial charge in [-0.05, 0) is 43.9 Å². The Kier molecular flexibility index (Phi) is 4.10. The fourth-order valence-corrected chi connectivity index (χ4v) is 1.48. The van der Waals surface area contributed by atoms with Crippen LogP contribution in [0, 0.1) is 0 Å². The molecule has 1 N–H and O–H groups in total. The van der Waals surface area contributed by atoms with E-state index in [0.29, 0.717) is 0 Å². The van der Waals surface area contributed by atoms with E-state index in [0.717, 1.165) is 12.0 Å². The van der Waals surface area contributed by atoms with Crippen LogP contribution < -0.4 is 0 Å². The molecule has 1 aromatic carbocycles. The van der Waals surface area contributed by atoms with Gasteiger partial charge in [-0.1, -0.05) is 36.8 Å². The molecule has 1 unspecified atom stereocenters. The molecule has 0 bridgehead atoms. The number of benzene rings is 1. The molecule has 0 heterocycles. The fraction of sp³-hybridized carbons (Fsp3) is 0.429. The zero-order chi connectivity index (χ0) is 11.4. The number of hydrogen-bond acceptors (Lipinski definition) is 1. The second kappa shape index (κ2) is 5.13. The lowest BCUT2D eigenvalue weighted by Gasteiger charge is -2.10. The average molecular weight is 204 g/mol. The van der Waals surface area contributed by atoms with Gasteiger partial charge >= 0.3 is 0 Å². The average Bonchev–Trinajstić information content (AvgIpc) is 2.27. The summed E-state index contributed by atoms with van der Waals surface area (Å²) in [6.45, 7) is 8.34. The Bertz CT molecular complexity index is 342. The van der Waals surface area contributed by atoms with Crippen LogP contribution >= 0.6 is 0 Å². The van der Waals surface area contributed by atoms with Crippen LogP contribution in [0.25, 0.3) is 5.57 Å². The van der Waals surface area contributed by atoms with Crippen LogP contribution in [0.3, 0.4) is 0 Å². The Labute approximate surface area is 92.5 Å². The first-order valence-electron chi connectivity index (χ1n) is 5.48. The summed E-state index contributed by atoms with van der Waals surface area (Å²) >= 11 is 0. The first kappa shape index (κ1) is 12.0. The van der Waals surface area contributed by atoms with Crippen molar-refractivity contribution in [2.75, 3.05) is 0 Å². The first-order chi connectivity index (χ1) is 7.06. The van der Waals surface area contributed by atoms with E-state index in [2.05, 4.69) is 32.9 Å². The van der Waals surface area contributed by atoms with E-state index in [9.17, 15) is 5.11 Å². The Morgan fingerprint density at radius 3 is 2.07 bits per heavy atom. The monoisotopic (exact) mass is 204 g/mol. The summed E-state index contributed by atoms with van der Waals surface area (Å²) in [5.74, 6) is 0. The summed E-state index contributed by atoms with van der Waals surface area (Å²) in [4.78, 5) is 0. The molecule has 0 aliphatic heterocycles. The largest absolute Gasteiger partial charge is 0.388 e. The summed E-state index contributed by atoms with van der Waals surface area (Å²) in [5.41, 5.74) is 4.89. The number of hydrogen-bond donors (Lipinski definition) is 1. The molecular weight excluding hydrogens is 184 g/mol. The van der Waals surface area contributed by atoms with Crippen LogP contribution in [0.2, 0.25) is 0 Å². The highest BCUT2D eigenvalue weighted by Gasteiger charge is 2.04. The lowest BCUT2D eigenvalue weighted by molar-refractivity contribution is 0.173. The summed E-state index contributed by atoms with van der Waals surface area (Å²) in [6, 6.07) is 8.18. The molecule has 1 nitrogen and oxygen atoms in total. The molecule has 0 aromatic heterocycles. The Morgan fingerprint density at radius 1 is 1.13 bits per heavy atom. The van der Waals surface area contributed by atoms with Crippen molar-refractivity contribution in [3.05, 3.63) is 41.0 Å². The van der Waals surface area contributed by atoms with Gasteiger partial charge in [0, 0.05) is 0 Å². The van der Waals surface area contributed by atoms with Gasteiger partial charge in [0.1, 0.15) is 0 Å². The van der Waals surface area contributed by atoms with Gasteiger partial charge < -0.3 is 5.11 Å². The maximum Gasteiger partial charge on any atom is 0.0787 e. The predicted octanol–water partition coefficient (Wildman–Crippen LogP) is 3.94. The second-order valence-electron chi connectivity index (χ2n) is 4.17. The number of rotatable bonds is 3. The zero-order valence-corrected chi connectivity index (χ0v) is 10.0. The highest BCUT2D eigenvalue weighted by molar-refractivity contribution is 5.66. The minimum atomic E-state index is -0.328. The van der Waals surface area contributed by atoms with Crippen LogP contribution in [-0.4, -0.2) is 5.11 Å². The summed E-state index contributed by atoms with van der Waals surface area (Å²) < 4.78 is 0. The third-order valence-corrected chi connectivity index (χ3v) is 2.87.